The third kappa shape index (κ3) is 3.82. The Labute approximate surface area is 123 Å². The summed E-state index contributed by atoms with van der Waals surface area (Å²) in [5.41, 5.74) is 0.957. The molecule has 0 saturated carbocycles. The van der Waals surface area contributed by atoms with Crippen LogP contribution in [0.5, 0.6) is 17.2 Å². The van der Waals surface area contributed by atoms with Crippen LogP contribution in [0.2, 0.25) is 0 Å². The molecular formula is C14H17ClNO4-. The van der Waals surface area contributed by atoms with E-state index in [9.17, 15) is 5.11 Å². The average Bonchev–Trinajstić information content (AvgIpc) is 2.93. The SMILES string of the molecule is COc1cc(CNCc2ccco2)cc(OC)c1O.[Cl-]. The number of nitrogens with one attached hydrogen (secondary N) is 1. The Bertz CT molecular complexity index is 503. The van der Waals surface area contributed by atoms with Gasteiger partial charge in [-0.3, -0.25) is 0 Å². The first-order valence-corrected chi connectivity index (χ1v) is 5.91. The number of hydrogen-bond acceptors (Lipinski definition) is 5. The lowest BCUT2D eigenvalue weighted by atomic mass is 10.2. The maximum Gasteiger partial charge on any atom is 0.200 e. The number of rotatable bonds is 6. The second-order valence-electron chi connectivity index (χ2n) is 4.03. The molecular weight excluding hydrogens is 282 g/mol. The molecule has 20 heavy (non-hydrogen) atoms. The molecule has 2 N–H and O–H groups in total. The van der Waals surface area contributed by atoms with Crippen molar-refractivity contribution in [1.29, 1.82) is 0 Å². The third-order valence-corrected chi connectivity index (χ3v) is 2.75. The van der Waals surface area contributed by atoms with Gasteiger partial charge in [0.05, 0.1) is 27.0 Å². The van der Waals surface area contributed by atoms with Crippen LogP contribution in [0.15, 0.2) is 34.9 Å². The zero-order chi connectivity index (χ0) is 13.7. The fourth-order valence-electron chi connectivity index (χ4n) is 1.79. The monoisotopic (exact) mass is 298 g/mol. The van der Waals surface area contributed by atoms with Gasteiger partial charge < -0.3 is 36.7 Å². The van der Waals surface area contributed by atoms with Crippen LogP contribution in [0.4, 0.5) is 0 Å². The molecule has 2 aromatic rings. The second kappa shape index (κ2) is 7.67. The predicted molar refractivity (Wildman–Crippen MR) is 70.5 cm³/mol. The van der Waals surface area contributed by atoms with Gasteiger partial charge in [-0.25, -0.2) is 0 Å². The van der Waals surface area contributed by atoms with Gasteiger partial charge in [-0.2, -0.15) is 0 Å². The van der Waals surface area contributed by atoms with E-state index in [1.807, 2.05) is 12.1 Å². The zero-order valence-electron chi connectivity index (χ0n) is 11.4. The van der Waals surface area contributed by atoms with E-state index in [2.05, 4.69) is 5.32 Å². The Balaban J connectivity index is 0.00000200. The summed E-state index contributed by atoms with van der Waals surface area (Å²) in [6.07, 6.45) is 1.64. The molecule has 0 amide bonds. The van der Waals surface area contributed by atoms with Gasteiger partial charge in [-0.15, -0.1) is 0 Å². The zero-order valence-corrected chi connectivity index (χ0v) is 12.1. The van der Waals surface area contributed by atoms with Gasteiger partial charge in [0.2, 0.25) is 5.75 Å². The van der Waals surface area contributed by atoms with E-state index in [0.717, 1.165) is 11.3 Å². The molecule has 0 fully saturated rings. The van der Waals surface area contributed by atoms with Gasteiger partial charge in [0.25, 0.3) is 0 Å². The molecule has 0 spiro atoms. The predicted octanol–water partition coefficient (Wildman–Crippen LogP) is -0.704. The van der Waals surface area contributed by atoms with E-state index in [1.165, 1.54) is 14.2 Å². The number of phenolic OH excluding ortho intramolecular Hbond substituents is 1. The number of benzene rings is 1. The molecule has 0 aliphatic heterocycles. The third-order valence-electron chi connectivity index (χ3n) is 2.75. The maximum absolute atomic E-state index is 9.80. The molecule has 1 aromatic heterocycles. The fraction of sp³-hybridized carbons (Fsp3) is 0.286. The van der Waals surface area contributed by atoms with E-state index in [1.54, 1.807) is 18.4 Å². The minimum Gasteiger partial charge on any atom is -1.00 e. The molecule has 0 radical (unpaired) electrons. The normalized spacial score (nSPS) is 9.90. The first-order valence-electron chi connectivity index (χ1n) is 5.91. The molecule has 0 aliphatic rings. The van der Waals surface area contributed by atoms with Crippen LogP contribution >= 0.6 is 0 Å². The lowest BCUT2D eigenvalue weighted by Crippen LogP contribution is -3.00. The average molecular weight is 299 g/mol. The molecule has 110 valence electrons. The fourth-order valence-corrected chi connectivity index (χ4v) is 1.79. The van der Waals surface area contributed by atoms with E-state index in [4.69, 9.17) is 13.9 Å². The highest BCUT2D eigenvalue weighted by Crippen LogP contribution is 2.36. The van der Waals surface area contributed by atoms with Gasteiger partial charge in [-0.05, 0) is 29.8 Å². The van der Waals surface area contributed by atoms with E-state index in [0.29, 0.717) is 24.6 Å². The minimum atomic E-state index is 0. The van der Waals surface area contributed by atoms with Gasteiger partial charge in [0.15, 0.2) is 11.5 Å². The van der Waals surface area contributed by atoms with Crippen molar-refractivity contribution in [2.24, 2.45) is 0 Å². The van der Waals surface area contributed by atoms with Crippen molar-refractivity contribution >= 4 is 0 Å². The summed E-state index contributed by atoms with van der Waals surface area (Å²) in [5, 5.41) is 13.0. The molecule has 2 rings (SSSR count). The highest BCUT2D eigenvalue weighted by molar-refractivity contribution is 5.52. The van der Waals surface area contributed by atoms with Crippen LogP contribution in [0.25, 0.3) is 0 Å². The highest BCUT2D eigenvalue weighted by atomic mass is 35.5. The van der Waals surface area contributed by atoms with Crippen molar-refractivity contribution in [2.45, 2.75) is 13.1 Å². The number of furan rings is 1. The number of hydrogen-bond donors (Lipinski definition) is 2. The number of methoxy groups -OCH3 is 2. The van der Waals surface area contributed by atoms with Crippen molar-refractivity contribution in [1.82, 2.24) is 5.32 Å². The van der Waals surface area contributed by atoms with Gasteiger partial charge in [0.1, 0.15) is 5.76 Å². The molecule has 1 heterocycles. The smallest absolute Gasteiger partial charge is 0.200 e. The first-order chi connectivity index (χ1) is 9.24. The van der Waals surface area contributed by atoms with Crippen molar-refractivity contribution in [3.63, 3.8) is 0 Å². The number of ether oxygens (including phenoxy) is 2. The Morgan fingerprint density at radius 2 is 1.80 bits per heavy atom. The quantitative estimate of drug-likeness (QED) is 0.738. The summed E-state index contributed by atoms with van der Waals surface area (Å²) in [6.45, 7) is 1.26. The lowest BCUT2D eigenvalue weighted by molar-refractivity contribution is -0.00000581. The summed E-state index contributed by atoms with van der Waals surface area (Å²) in [6, 6.07) is 7.30. The Morgan fingerprint density at radius 1 is 1.15 bits per heavy atom. The lowest BCUT2D eigenvalue weighted by Gasteiger charge is -2.11. The number of phenols is 1. The van der Waals surface area contributed by atoms with Crippen LogP contribution < -0.4 is 27.2 Å². The Hall–Kier alpha value is -1.85. The Morgan fingerprint density at radius 3 is 2.30 bits per heavy atom. The van der Waals surface area contributed by atoms with Crippen molar-refractivity contribution < 1.29 is 31.4 Å². The summed E-state index contributed by atoms with van der Waals surface area (Å²) >= 11 is 0. The maximum atomic E-state index is 9.80. The second-order valence-corrected chi connectivity index (χ2v) is 4.03. The number of aromatic hydroxyl groups is 1. The van der Waals surface area contributed by atoms with Gasteiger partial charge in [0, 0.05) is 6.54 Å². The highest BCUT2D eigenvalue weighted by Gasteiger charge is 2.10. The summed E-state index contributed by atoms with van der Waals surface area (Å²) in [4.78, 5) is 0. The largest absolute Gasteiger partial charge is 1.00 e. The van der Waals surface area contributed by atoms with Crippen molar-refractivity contribution in [3.05, 3.63) is 41.9 Å². The topological polar surface area (TPSA) is 63.9 Å². The van der Waals surface area contributed by atoms with Crippen molar-refractivity contribution in [2.75, 3.05) is 14.2 Å². The Kier molecular flexibility index (Phi) is 6.21. The first kappa shape index (κ1) is 16.2. The van der Waals surface area contributed by atoms with Crippen LogP contribution in [0, 0.1) is 0 Å². The van der Waals surface area contributed by atoms with Crippen molar-refractivity contribution in [3.8, 4) is 17.2 Å². The van der Waals surface area contributed by atoms with Crippen LogP contribution in [-0.4, -0.2) is 19.3 Å². The van der Waals surface area contributed by atoms with Crippen LogP contribution in [0.3, 0.4) is 0 Å². The summed E-state index contributed by atoms with van der Waals surface area (Å²) in [5.74, 6) is 1.68. The molecule has 0 atom stereocenters. The minimum absolute atomic E-state index is 0. The number of halogens is 1. The molecule has 5 nitrogen and oxygen atoms in total. The van der Waals surface area contributed by atoms with E-state index >= 15 is 0 Å². The molecule has 0 saturated heterocycles. The molecule has 0 bridgehead atoms. The molecule has 1 aromatic carbocycles. The molecule has 0 aliphatic carbocycles. The van der Waals surface area contributed by atoms with Gasteiger partial charge in [-0.1, -0.05) is 0 Å². The summed E-state index contributed by atoms with van der Waals surface area (Å²) < 4.78 is 15.4. The van der Waals surface area contributed by atoms with Crippen LogP contribution in [0.1, 0.15) is 11.3 Å². The molecule has 6 heteroatoms. The molecule has 0 unspecified atom stereocenters. The van der Waals surface area contributed by atoms with Crippen LogP contribution in [-0.2, 0) is 13.1 Å². The summed E-state index contributed by atoms with van der Waals surface area (Å²) in [7, 11) is 3.02. The van der Waals surface area contributed by atoms with Gasteiger partial charge >= 0.3 is 0 Å². The van der Waals surface area contributed by atoms with E-state index < -0.39 is 0 Å². The standard InChI is InChI=1S/C14H17NO4.ClH/c1-17-12-6-10(7-13(18-2)14(12)16)8-15-9-11-4-3-5-19-11;/h3-7,15-16H,8-9H2,1-2H3;1H/p-1. The van der Waals surface area contributed by atoms with E-state index in [-0.39, 0.29) is 18.2 Å².